The van der Waals surface area contributed by atoms with E-state index in [1.807, 2.05) is 29.8 Å². The molecule has 3 aromatic rings. The third kappa shape index (κ3) is 5.64. The van der Waals surface area contributed by atoms with Gasteiger partial charge in [0.15, 0.2) is 17.3 Å². The van der Waals surface area contributed by atoms with Crippen LogP contribution in [0, 0.1) is 11.7 Å². The third-order valence-corrected chi connectivity index (χ3v) is 5.35. The standard InChI is InChI=1S/C22H27BrN4O2S/c1-4-7-20-25-26-22(30)27(20)24-13-17-11-18(23)21(19(12-17)28-5-2)29-14-16-9-6-8-15(3)10-16/h6,8-12,24H,4-5,7,13-14H2,1-3H3,(H,26,30). The van der Waals surface area contributed by atoms with Gasteiger partial charge in [0.05, 0.1) is 17.6 Å². The van der Waals surface area contributed by atoms with E-state index < -0.39 is 0 Å². The van der Waals surface area contributed by atoms with E-state index in [2.05, 4.69) is 63.6 Å². The summed E-state index contributed by atoms with van der Waals surface area (Å²) in [5.41, 5.74) is 6.71. The quantitative estimate of drug-likeness (QED) is 0.357. The molecule has 1 heterocycles. The molecular formula is C22H27BrN4O2S. The molecule has 0 spiro atoms. The summed E-state index contributed by atoms with van der Waals surface area (Å²) in [4.78, 5) is 0. The maximum absolute atomic E-state index is 6.11. The first-order valence-electron chi connectivity index (χ1n) is 10.1. The van der Waals surface area contributed by atoms with E-state index in [0.717, 1.165) is 34.3 Å². The molecule has 0 aliphatic carbocycles. The number of hydrogen-bond donors (Lipinski definition) is 2. The minimum Gasteiger partial charge on any atom is -0.490 e. The molecule has 0 amide bonds. The van der Waals surface area contributed by atoms with Gasteiger partial charge in [-0.1, -0.05) is 36.8 Å². The van der Waals surface area contributed by atoms with Crippen molar-refractivity contribution < 1.29 is 9.47 Å². The summed E-state index contributed by atoms with van der Waals surface area (Å²) in [6.45, 7) is 7.75. The fourth-order valence-electron chi connectivity index (χ4n) is 3.14. The van der Waals surface area contributed by atoms with Gasteiger partial charge >= 0.3 is 0 Å². The monoisotopic (exact) mass is 490 g/mol. The highest BCUT2D eigenvalue weighted by Crippen LogP contribution is 2.37. The van der Waals surface area contributed by atoms with Gasteiger partial charge in [0.2, 0.25) is 4.77 Å². The molecule has 0 saturated heterocycles. The summed E-state index contributed by atoms with van der Waals surface area (Å²) < 4.78 is 15.2. The first-order chi connectivity index (χ1) is 14.5. The molecule has 30 heavy (non-hydrogen) atoms. The van der Waals surface area contributed by atoms with Crippen molar-refractivity contribution in [1.82, 2.24) is 14.9 Å². The van der Waals surface area contributed by atoms with E-state index in [9.17, 15) is 0 Å². The number of aromatic nitrogens is 3. The largest absolute Gasteiger partial charge is 0.490 e. The van der Waals surface area contributed by atoms with Gasteiger partial charge < -0.3 is 14.9 Å². The average molecular weight is 491 g/mol. The van der Waals surface area contributed by atoms with Crippen molar-refractivity contribution >= 4 is 28.1 Å². The van der Waals surface area contributed by atoms with E-state index >= 15 is 0 Å². The van der Waals surface area contributed by atoms with Crippen molar-refractivity contribution in [3.05, 3.63) is 68.2 Å². The maximum atomic E-state index is 6.11. The van der Waals surface area contributed by atoms with Gasteiger partial charge in [0.1, 0.15) is 6.61 Å². The van der Waals surface area contributed by atoms with Crippen molar-refractivity contribution in [3.8, 4) is 11.5 Å². The number of ether oxygens (including phenoxy) is 2. The highest BCUT2D eigenvalue weighted by molar-refractivity contribution is 9.10. The SMILES string of the molecule is CCCc1n[nH]c(=S)n1NCc1cc(Br)c(OCc2cccc(C)c2)c(OCC)c1. The molecule has 2 N–H and O–H groups in total. The molecule has 8 heteroatoms. The van der Waals surface area contributed by atoms with Crippen LogP contribution < -0.4 is 14.9 Å². The second-order valence-electron chi connectivity index (χ2n) is 6.98. The van der Waals surface area contributed by atoms with Gasteiger partial charge in [-0.15, -0.1) is 0 Å². The van der Waals surface area contributed by atoms with Crippen LogP contribution in [-0.4, -0.2) is 21.5 Å². The summed E-state index contributed by atoms with van der Waals surface area (Å²) in [5.74, 6) is 2.30. The van der Waals surface area contributed by atoms with Crippen LogP contribution >= 0.6 is 28.1 Å². The lowest BCUT2D eigenvalue weighted by Crippen LogP contribution is -2.17. The molecule has 0 fully saturated rings. The number of nitrogens with zero attached hydrogens (tertiary/aromatic N) is 2. The molecule has 0 aliphatic rings. The Kier molecular flexibility index (Phi) is 7.93. The summed E-state index contributed by atoms with van der Waals surface area (Å²) >= 11 is 8.98. The van der Waals surface area contributed by atoms with Gasteiger partial charge in [-0.05, 0) is 71.7 Å². The first-order valence-corrected chi connectivity index (χ1v) is 11.3. The van der Waals surface area contributed by atoms with Crippen LogP contribution in [0.1, 0.15) is 42.8 Å². The second kappa shape index (κ2) is 10.6. The fourth-order valence-corrected chi connectivity index (χ4v) is 3.96. The van der Waals surface area contributed by atoms with Crippen molar-refractivity contribution in [3.63, 3.8) is 0 Å². The number of nitrogens with one attached hydrogen (secondary N) is 2. The van der Waals surface area contributed by atoms with Gasteiger partial charge in [0.25, 0.3) is 0 Å². The van der Waals surface area contributed by atoms with Crippen LogP contribution in [0.2, 0.25) is 0 Å². The summed E-state index contributed by atoms with van der Waals surface area (Å²) in [5, 5.41) is 7.13. The molecule has 0 radical (unpaired) electrons. The number of rotatable bonds is 10. The molecule has 160 valence electrons. The Balaban J connectivity index is 1.77. The van der Waals surface area contributed by atoms with Gasteiger partial charge in [-0.3, -0.25) is 5.10 Å². The van der Waals surface area contributed by atoms with Gasteiger partial charge in [-0.25, -0.2) is 4.68 Å². The summed E-state index contributed by atoms with van der Waals surface area (Å²) in [6.07, 6.45) is 1.84. The van der Waals surface area contributed by atoms with Crippen LogP contribution in [0.4, 0.5) is 0 Å². The Morgan fingerprint density at radius 3 is 2.73 bits per heavy atom. The Hall–Kier alpha value is -2.32. The Morgan fingerprint density at radius 1 is 1.17 bits per heavy atom. The zero-order valence-corrected chi connectivity index (χ0v) is 19.9. The highest BCUT2D eigenvalue weighted by Gasteiger charge is 2.13. The van der Waals surface area contributed by atoms with E-state index in [1.54, 1.807) is 0 Å². The lowest BCUT2D eigenvalue weighted by Gasteiger charge is -2.16. The van der Waals surface area contributed by atoms with Gasteiger partial charge in [-0.2, -0.15) is 5.10 Å². The summed E-state index contributed by atoms with van der Waals surface area (Å²) in [7, 11) is 0. The Labute approximate surface area is 190 Å². The zero-order chi connectivity index (χ0) is 21.5. The van der Waals surface area contributed by atoms with Crippen molar-refractivity contribution in [2.75, 3.05) is 12.0 Å². The van der Waals surface area contributed by atoms with Crippen LogP contribution in [-0.2, 0) is 19.6 Å². The lowest BCUT2D eigenvalue weighted by molar-refractivity contribution is 0.267. The molecule has 0 atom stereocenters. The molecule has 1 aromatic heterocycles. The maximum Gasteiger partial charge on any atom is 0.214 e. The van der Waals surface area contributed by atoms with Gasteiger partial charge in [0, 0.05) is 6.42 Å². The molecule has 6 nitrogen and oxygen atoms in total. The van der Waals surface area contributed by atoms with E-state index in [1.165, 1.54) is 5.56 Å². The van der Waals surface area contributed by atoms with Crippen LogP contribution in [0.3, 0.4) is 0 Å². The smallest absolute Gasteiger partial charge is 0.214 e. The molecule has 0 bridgehead atoms. The number of hydrogen-bond acceptors (Lipinski definition) is 5. The normalized spacial score (nSPS) is 10.8. The van der Waals surface area contributed by atoms with Crippen molar-refractivity contribution in [2.24, 2.45) is 0 Å². The third-order valence-electron chi connectivity index (χ3n) is 4.49. The number of halogens is 1. The molecule has 0 saturated carbocycles. The predicted molar refractivity (Wildman–Crippen MR) is 125 cm³/mol. The first kappa shape index (κ1) is 22.4. The number of H-pyrrole nitrogens is 1. The molecule has 2 aromatic carbocycles. The number of benzene rings is 2. The van der Waals surface area contributed by atoms with E-state index in [-0.39, 0.29) is 0 Å². The molecular weight excluding hydrogens is 464 g/mol. The molecule has 0 aliphatic heterocycles. The lowest BCUT2D eigenvalue weighted by atomic mass is 10.1. The fraction of sp³-hybridized carbons (Fsp3) is 0.364. The van der Waals surface area contributed by atoms with Crippen molar-refractivity contribution in [2.45, 2.75) is 46.8 Å². The topological polar surface area (TPSA) is 64.1 Å². The number of aryl methyl sites for hydroxylation is 2. The van der Waals surface area contributed by atoms with Crippen LogP contribution in [0.25, 0.3) is 0 Å². The Morgan fingerprint density at radius 2 is 2.00 bits per heavy atom. The number of aromatic amines is 1. The average Bonchev–Trinajstić information content (AvgIpc) is 3.06. The van der Waals surface area contributed by atoms with Crippen LogP contribution in [0.5, 0.6) is 11.5 Å². The highest BCUT2D eigenvalue weighted by atomic mass is 79.9. The molecule has 0 unspecified atom stereocenters. The molecule has 3 rings (SSSR count). The summed E-state index contributed by atoms with van der Waals surface area (Å²) in [6, 6.07) is 12.3. The van der Waals surface area contributed by atoms with E-state index in [4.69, 9.17) is 21.7 Å². The Bertz CT molecular complexity index is 1050. The zero-order valence-electron chi connectivity index (χ0n) is 17.5. The van der Waals surface area contributed by atoms with Crippen molar-refractivity contribution in [1.29, 1.82) is 0 Å². The van der Waals surface area contributed by atoms with E-state index in [0.29, 0.717) is 36.0 Å². The minimum atomic E-state index is 0.475. The van der Waals surface area contributed by atoms with Crippen LogP contribution in [0.15, 0.2) is 40.9 Å². The predicted octanol–water partition coefficient (Wildman–Crippen LogP) is 5.69. The minimum absolute atomic E-state index is 0.475. The second-order valence-corrected chi connectivity index (χ2v) is 8.22.